The van der Waals surface area contributed by atoms with Crippen LogP contribution in [0, 0.1) is 5.82 Å². The first-order chi connectivity index (χ1) is 10.7. The molecule has 1 aliphatic rings. The second-order valence-corrected chi connectivity index (χ2v) is 5.31. The molecule has 2 heterocycles. The first-order valence-electron chi connectivity index (χ1n) is 7.34. The van der Waals surface area contributed by atoms with Crippen LogP contribution in [0.25, 0.3) is 0 Å². The molecule has 5 heteroatoms. The Hall–Kier alpha value is -2.43. The number of aromatic nitrogens is 1. The summed E-state index contributed by atoms with van der Waals surface area (Å²) in [6, 6.07) is 9.52. The normalized spacial score (nSPS) is 15.6. The number of rotatable bonds is 3. The number of carbonyl (C=O) groups excluding carboxylic acids is 1. The minimum absolute atomic E-state index is 0.0840. The second-order valence-electron chi connectivity index (χ2n) is 5.31. The van der Waals surface area contributed by atoms with Crippen LogP contribution in [0.4, 0.5) is 4.39 Å². The van der Waals surface area contributed by atoms with Gasteiger partial charge in [-0.3, -0.25) is 9.78 Å². The third-order valence-electron chi connectivity index (χ3n) is 3.74. The Balaban J connectivity index is 1.56. The molecule has 0 N–H and O–H groups in total. The zero-order chi connectivity index (χ0) is 15.4. The molecule has 1 aromatic carbocycles. The molecular weight excluding hydrogens is 283 g/mol. The zero-order valence-electron chi connectivity index (χ0n) is 12.1. The van der Waals surface area contributed by atoms with Crippen molar-refractivity contribution in [3.63, 3.8) is 0 Å². The molecule has 0 spiro atoms. The van der Waals surface area contributed by atoms with Gasteiger partial charge in [0, 0.05) is 37.7 Å². The molecule has 1 aromatic heterocycles. The molecule has 0 unspecified atom stereocenters. The highest BCUT2D eigenvalue weighted by Gasteiger charge is 2.24. The van der Waals surface area contributed by atoms with Crippen molar-refractivity contribution in [1.29, 1.82) is 0 Å². The third-order valence-corrected chi connectivity index (χ3v) is 3.74. The molecule has 0 aliphatic carbocycles. The highest BCUT2D eigenvalue weighted by Crippen LogP contribution is 2.19. The van der Waals surface area contributed by atoms with E-state index in [4.69, 9.17) is 4.74 Å². The fourth-order valence-electron chi connectivity index (χ4n) is 2.59. The van der Waals surface area contributed by atoms with E-state index in [9.17, 15) is 9.18 Å². The Morgan fingerprint density at radius 2 is 2.05 bits per heavy atom. The summed E-state index contributed by atoms with van der Waals surface area (Å²) in [7, 11) is 0. The van der Waals surface area contributed by atoms with Gasteiger partial charge in [0.2, 0.25) is 0 Å². The van der Waals surface area contributed by atoms with Gasteiger partial charge in [-0.25, -0.2) is 4.39 Å². The molecule has 0 atom stereocenters. The number of hydrogen-bond acceptors (Lipinski definition) is 3. The minimum atomic E-state index is -0.388. The van der Waals surface area contributed by atoms with E-state index in [1.54, 1.807) is 29.4 Å². The SMILES string of the molecule is O=C(c1cccc(F)c1)N1CCC(Oc2cccnc2)CC1. The van der Waals surface area contributed by atoms with E-state index in [0.29, 0.717) is 18.7 Å². The molecule has 1 amide bonds. The van der Waals surface area contributed by atoms with Gasteiger partial charge in [-0.2, -0.15) is 0 Å². The predicted molar refractivity (Wildman–Crippen MR) is 80.2 cm³/mol. The van der Waals surface area contributed by atoms with Crippen molar-refractivity contribution in [2.45, 2.75) is 18.9 Å². The van der Waals surface area contributed by atoms with E-state index in [1.807, 2.05) is 12.1 Å². The molecule has 1 saturated heterocycles. The Morgan fingerprint density at radius 1 is 1.23 bits per heavy atom. The number of halogens is 1. The molecule has 114 valence electrons. The van der Waals surface area contributed by atoms with Crippen molar-refractivity contribution in [2.24, 2.45) is 0 Å². The van der Waals surface area contributed by atoms with Gasteiger partial charge in [-0.05, 0) is 30.3 Å². The summed E-state index contributed by atoms with van der Waals surface area (Å²) >= 11 is 0. The Morgan fingerprint density at radius 3 is 2.73 bits per heavy atom. The number of amides is 1. The maximum absolute atomic E-state index is 13.2. The number of carbonyl (C=O) groups is 1. The number of pyridine rings is 1. The average Bonchev–Trinajstić information content (AvgIpc) is 2.56. The molecule has 1 fully saturated rings. The van der Waals surface area contributed by atoms with Crippen molar-refractivity contribution in [3.8, 4) is 5.75 Å². The maximum atomic E-state index is 13.2. The molecule has 22 heavy (non-hydrogen) atoms. The summed E-state index contributed by atoms with van der Waals surface area (Å²) < 4.78 is 19.1. The van der Waals surface area contributed by atoms with Crippen LogP contribution in [0.3, 0.4) is 0 Å². The summed E-state index contributed by atoms with van der Waals surface area (Å²) in [5, 5.41) is 0. The number of hydrogen-bond donors (Lipinski definition) is 0. The van der Waals surface area contributed by atoms with E-state index >= 15 is 0 Å². The first-order valence-corrected chi connectivity index (χ1v) is 7.34. The van der Waals surface area contributed by atoms with Gasteiger partial charge >= 0.3 is 0 Å². The highest BCUT2D eigenvalue weighted by molar-refractivity contribution is 5.94. The lowest BCUT2D eigenvalue weighted by molar-refractivity contribution is 0.0594. The van der Waals surface area contributed by atoms with Gasteiger partial charge in [-0.15, -0.1) is 0 Å². The fourth-order valence-corrected chi connectivity index (χ4v) is 2.59. The number of benzene rings is 1. The van der Waals surface area contributed by atoms with Crippen LogP contribution in [0.2, 0.25) is 0 Å². The van der Waals surface area contributed by atoms with Crippen molar-refractivity contribution in [2.75, 3.05) is 13.1 Å². The molecule has 2 aromatic rings. The van der Waals surface area contributed by atoms with Crippen molar-refractivity contribution >= 4 is 5.91 Å². The van der Waals surface area contributed by atoms with Gasteiger partial charge in [0.15, 0.2) is 0 Å². The van der Waals surface area contributed by atoms with Crippen LogP contribution in [0.1, 0.15) is 23.2 Å². The Kier molecular flexibility index (Phi) is 4.32. The Bertz CT molecular complexity index is 640. The zero-order valence-corrected chi connectivity index (χ0v) is 12.1. The number of nitrogens with zero attached hydrogens (tertiary/aromatic N) is 2. The van der Waals surface area contributed by atoms with E-state index < -0.39 is 0 Å². The number of ether oxygens (including phenoxy) is 1. The topological polar surface area (TPSA) is 42.4 Å². The molecule has 0 bridgehead atoms. The molecule has 0 radical (unpaired) electrons. The number of likely N-dealkylation sites (tertiary alicyclic amines) is 1. The van der Waals surface area contributed by atoms with Gasteiger partial charge in [0.05, 0.1) is 6.20 Å². The largest absolute Gasteiger partial charge is 0.489 e. The monoisotopic (exact) mass is 300 g/mol. The van der Waals surface area contributed by atoms with Gasteiger partial charge in [0.1, 0.15) is 17.7 Å². The fraction of sp³-hybridized carbons (Fsp3) is 0.294. The van der Waals surface area contributed by atoms with Crippen molar-refractivity contribution in [1.82, 2.24) is 9.88 Å². The lowest BCUT2D eigenvalue weighted by atomic mass is 10.1. The van der Waals surface area contributed by atoms with E-state index in [-0.39, 0.29) is 17.8 Å². The lowest BCUT2D eigenvalue weighted by Gasteiger charge is -2.32. The highest BCUT2D eigenvalue weighted by atomic mass is 19.1. The summed E-state index contributed by atoms with van der Waals surface area (Å²) in [4.78, 5) is 18.1. The van der Waals surface area contributed by atoms with Gasteiger partial charge in [-0.1, -0.05) is 6.07 Å². The van der Waals surface area contributed by atoms with E-state index in [1.165, 1.54) is 12.1 Å². The van der Waals surface area contributed by atoms with Gasteiger partial charge < -0.3 is 9.64 Å². The first kappa shape index (κ1) is 14.5. The summed E-state index contributed by atoms with van der Waals surface area (Å²) in [6.45, 7) is 1.22. The molecule has 0 saturated carbocycles. The molecule has 4 nitrogen and oxygen atoms in total. The summed E-state index contributed by atoms with van der Waals surface area (Å²) in [6.07, 6.45) is 4.99. The Labute approximate surface area is 128 Å². The second kappa shape index (κ2) is 6.56. The van der Waals surface area contributed by atoms with Crippen LogP contribution >= 0.6 is 0 Å². The summed E-state index contributed by atoms with van der Waals surface area (Å²) in [5.74, 6) is 0.234. The standard InChI is InChI=1S/C17H17FN2O2/c18-14-4-1-3-13(11-14)17(21)20-9-6-15(7-10-20)22-16-5-2-8-19-12-16/h1-5,8,11-12,15H,6-7,9-10H2. The van der Waals surface area contributed by atoms with Crippen LogP contribution < -0.4 is 4.74 Å². The summed E-state index contributed by atoms with van der Waals surface area (Å²) in [5.41, 5.74) is 0.395. The molecule has 1 aliphatic heterocycles. The van der Waals surface area contributed by atoms with Crippen LogP contribution in [-0.4, -0.2) is 35.0 Å². The average molecular weight is 300 g/mol. The predicted octanol–water partition coefficient (Wildman–Crippen LogP) is 2.90. The number of piperidine rings is 1. The molecular formula is C17H17FN2O2. The van der Waals surface area contributed by atoms with Crippen LogP contribution in [-0.2, 0) is 0 Å². The van der Waals surface area contributed by atoms with E-state index in [0.717, 1.165) is 18.6 Å². The van der Waals surface area contributed by atoms with Crippen molar-refractivity contribution < 1.29 is 13.9 Å². The van der Waals surface area contributed by atoms with E-state index in [2.05, 4.69) is 4.98 Å². The lowest BCUT2D eigenvalue weighted by Crippen LogP contribution is -2.41. The smallest absolute Gasteiger partial charge is 0.253 e. The van der Waals surface area contributed by atoms with Crippen LogP contribution in [0.5, 0.6) is 5.75 Å². The quantitative estimate of drug-likeness (QED) is 0.875. The maximum Gasteiger partial charge on any atom is 0.253 e. The van der Waals surface area contributed by atoms with Crippen LogP contribution in [0.15, 0.2) is 48.8 Å². The van der Waals surface area contributed by atoms with Crippen molar-refractivity contribution in [3.05, 3.63) is 60.2 Å². The van der Waals surface area contributed by atoms with Gasteiger partial charge in [0.25, 0.3) is 5.91 Å². The minimum Gasteiger partial charge on any atom is -0.489 e. The third kappa shape index (κ3) is 3.42. The molecule has 3 rings (SSSR count).